The Hall–Kier alpha value is -4.78. The normalized spacial score (nSPS) is 16.3. The number of rotatable bonds is 7. The monoisotopic (exact) mass is 517 g/mol. The van der Waals surface area contributed by atoms with Crippen molar-refractivity contribution < 1.29 is 0 Å². The van der Waals surface area contributed by atoms with E-state index in [0.29, 0.717) is 39.9 Å². The van der Waals surface area contributed by atoms with Crippen molar-refractivity contribution in [2.24, 2.45) is 5.41 Å². The Labute approximate surface area is 228 Å². The SMILES string of the molecule is Cc1ccccc1[C@H](Nc1cc(C#N)c2ncc(C#N)c(NCC(C)(C)C)c2c1)C1=CN(C2(C#N)CC2)NN1. The van der Waals surface area contributed by atoms with Gasteiger partial charge >= 0.3 is 0 Å². The maximum atomic E-state index is 10.0. The number of nitrogens with zero attached hydrogens (tertiary/aromatic N) is 5. The zero-order valence-electron chi connectivity index (χ0n) is 22.6. The molecule has 0 saturated heterocycles. The van der Waals surface area contributed by atoms with Crippen molar-refractivity contribution in [1.29, 1.82) is 15.8 Å². The molecule has 3 aromatic rings. The van der Waals surface area contributed by atoms with Crippen molar-refractivity contribution in [3.05, 3.63) is 76.7 Å². The van der Waals surface area contributed by atoms with Crippen LogP contribution in [-0.4, -0.2) is 22.1 Å². The molecule has 1 atom stereocenters. The van der Waals surface area contributed by atoms with Gasteiger partial charge in [-0.3, -0.25) is 9.99 Å². The number of fused-ring (bicyclic) bond motifs is 1. The number of hydrogen-bond acceptors (Lipinski definition) is 9. The maximum absolute atomic E-state index is 10.0. The van der Waals surface area contributed by atoms with Crippen LogP contribution in [0, 0.1) is 46.3 Å². The minimum Gasteiger partial charge on any atom is -0.383 e. The fourth-order valence-corrected chi connectivity index (χ4v) is 4.73. The molecule has 196 valence electrons. The molecule has 0 bridgehead atoms. The van der Waals surface area contributed by atoms with E-state index in [1.165, 1.54) is 6.20 Å². The second kappa shape index (κ2) is 9.83. The number of anilines is 2. The number of nitriles is 3. The maximum Gasteiger partial charge on any atom is 0.143 e. The zero-order chi connectivity index (χ0) is 27.8. The molecule has 2 aliphatic rings. The first kappa shape index (κ1) is 25.9. The van der Waals surface area contributed by atoms with E-state index < -0.39 is 5.54 Å². The molecule has 0 radical (unpaired) electrons. The number of hydrazine groups is 2. The average Bonchev–Trinajstić information content (AvgIpc) is 3.57. The summed E-state index contributed by atoms with van der Waals surface area (Å²) < 4.78 is 0. The van der Waals surface area contributed by atoms with Crippen LogP contribution in [0.25, 0.3) is 10.9 Å². The van der Waals surface area contributed by atoms with E-state index in [-0.39, 0.29) is 11.5 Å². The summed E-state index contributed by atoms with van der Waals surface area (Å²) in [4.78, 5) is 4.47. The van der Waals surface area contributed by atoms with Crippen LogP contribution in [0.2, 0.25) is 0 Å². The van der Waals surface area contributed by atoms with Crippen LogP contribution in [0.1, 0.15) is 61.9 Å². The third-order valence-corrected chi connectivity index (χ3v) is 7.11. The topological polar surface area (TPSA) is 136 Å². The molecular formula is C30H31N9. The number of pyridine rings is 1. The van der Waals surface area contributed by atoms with Gasteiger partial charge in [-0.25, -0.2) is 0 Å². The van der Waals surface area contributed by atoms with E-state index in [9.17, 15) is 15.8 Å². The first-order chi connectivity index (χ1) is 18.7. The zero-order valence-corrected chi connectivity index (χ0v) is 22.6. The third-order valence-electron chi connectivity index (χ3n) is 7.11. The molecule has 0 amide bonds. The first-order valence-electron chi connectivity index (χ1n) is 12.9. The Morgan fingerprint density at radius 3 is 2.49 bits per heavy atom. The molecule has 9 heteroatoms. The summed E-state index contributed by atoms with van der Waals surface area (Å²) in [6.07, 6.45) is 5.07. The van der Waals surface area contributed by atoms with Crippen LogP contribution in [-0.2, 0) is 0 Å². The van der Waals surface area contributed by atoms with E-state index in [2.05, 4.69) is 84.6 Å². The second-order valence-electron chi connectivity index (χ2n) is 11.4. The fraction of sp³-hybridized carbons (Fsp3) is 0.333. The van der Waals surface area contributed by atoms with Crippen molar-refractivity contribution in [3.8, 4) is 18.2 Å². The Balaban J connectivity index is 1.60. The molecule has 5 rings (SSSR count). The number of hydrogen-bond donors (Lipinski definition) is 4. The minimum absolute atomic E-state index is 0.0198. The predicted molar refractivity (Wildman–Crippen MR) is 150 cm³/mol. The van der Waals surface area contributed by atoms with Gasteiger partial charge in [0.1, 0.15) is 17.7 Å². The van der Waals surface area contributed by atoms with Gasteiger partial charge in [0.25, 0.3) is 0 Å². The highest BCUT2D eigenvalue weighted by Gasteiger charge is 2.50. The summed E-state index contributed by atoms with van der Waals surface area (Å²) >= 11 is 0. The van der Waals surface area contributed by atoms with Gasteiger partial charge in [-0.05, 0) is 48.4 Å². The molecule has 1 fully saturated rings. The molecule has 1 aliphatic heterocycles. The van der Waals surface area contributed by atoms with Gasteiger partial charge < -0.3 is 16.1 Å². The lowest BCUT2D eigenvalue weighted by Crippen LogP contribution is -2.44. The van der Waals surface area contributed by atoms with Crippen LogP contribution in [0.5, 0.6) is 0 Å². The lowest BCUT2D eigenvalue weighted by atomic mass is 9.96. The lowest BCUT2D eigenvalue weighted by molar-refractivity contribution is 0.217. The molecule has 0 unspecified atom stereocenters. The Bertz CT molecular complexity index is 1590. The molecular weight excluding hydrogens is 486 g/mol. The van der Waals surface area contributed by atoms with Gasteiger partial charge in [0.2, 0.25) is 0 Å². The van der Waals surface area contributed by atoms with Crippen LogP contribution < -0.4 is 21.6 Å². The molecule has 1 saturated carbocycles. The molecule has 2 heterocycles. The highest BCUT2D eigenvalue weighted by molar-refractivity contribution is 5.99. The van der Waals surface area contributed by atoms with Gasteiger partial charge in [-0.2, -0.15) is 15.8 Å². The number of nitrogens with one attached hydrogen (secondary N) is 4. The quantitative estimate of drug-likeness (QED) is 0.337. The van der Waals surface area contributed by atoms with Crippen molar-refractivity contribution in [2.75, 3.05) is 17.2 Å². The van der Waals surface area contributed by atoms with Gasteiger partial charge in [-0.15, -0.1) is 5.53 Å². The van der Waals surface area contributed by atoms with Crippen LogP contribution in [0.4, 0.5) is 11.4 Å². The molecule has 1 aliphatic carbocycles. The lowest BCUT2D eigenvalue weighted by Gasteiger charge is -2.24. The van der Waals surface area contributed by atoms with Crippen LogP contribution >= 0.6 is 0 Å². The van der Waals surface area contributed by atoms with Crippen molar-refractivity contribution >= 4 is 22.3 Å². The van der Waals surface area contributed by atoms with Gasteiger partial charge in [0, 0.05) is 30.0 Å². The van der Waals surface area contributed by atoms with E-state index in [4.69, 9.17) is 0 Å². The summed E-state index contributed by atoms with van der Waals surface area (Å²) in [5, 5.41) is 39.2. The highest BCUT2D eigenvalue weighted by atomic mass is 15.7. The minimum atomic E-state index is -0.533. The predicted octanol–water partition coefficient (Wildman–Crippen LogP) is 5.12. The van der Waals surface area contributed by atoms with E-state index in [1.807, 2.05) is 29.4 Å². The van der Waals surface area contributed by atoms with Crippen LogP contribution in [0.15, 0.2) is 54.5 Å². The average molecular weight is 518 g/mol. The standard InChI is InChI=1S/C30H31N9/c1-19-7-5-6-8-23(19)28(25-16-39(38-37-25)30(17-33)9-10-30)36-22-11-20(13-31)26-24(12-22)27(21(14-32)15-34-26)35-18-29(2,3)4/h5-8,11-12,15-16,28,36-38H,9-10,18H2,1-4H3,(H,34,35)/t28-/m0/s1. The molecule has 1 aromatic heterocycles. The van der Waals surface area contributed by atoms with Gasteiger partial charge in [-0.1, -0.05) is 45.0 Å². The molecule has 39 heavy (non-hydrogen) atoms. The molecule has 0 spiro atoms. The van der Waals surface area contributed by atoms with Crippen molar-refractivity contribution in [2.45, 2.75) is 52.1 Å². The summed E-state index contributed by atoms with van der Waals surface area (Å²) in [7, 11) is 0. The van der Waals surface area contributed by atoms with Gasteiger partial charge in [0.05, 0.1) is 40.1 Å². The van der Waals surface area contributed by atoms with E-state index in [1.54, 1.807) is 6.07 Å². The second-order valence-corrected chi connectivity index (χ2v) is 11.4. The number of aryl methyl sites for hydroxylation is 1. The highest BCUT2D eigenvalue weighted by Crippen LogP contribution is 2.42. The first-order valence-corrected chi connectivity index (χ1v) is 12.9. The van der Waals surface area contributed by atoms with E-state index in [0.717, 1.165) is 29.7 Å². The van der Waals surface area contributed by atoms with Crippen molar-refractivity contribution in [3.63, 3.8) is 0 Å². The molecule has 9 nitrogen and oxygen atoms in total. The molecule has 2 aromatic carbocycles. The number of aromatic nitrogens is 1. The smallest absolute Gasteiger partial charge is 0.143 e. The Morgan fingerprint density at radius 1 is 1.10 bits per heavy atom. The summed E-state index contributed by atoms with van der Waals surface area (Å²) in [6, 6.07) is 18.5. The largest absolute Gasteiger partial charge is 0.383 e. The van der Waals surface area contributed by atoms with Crippen molar-refractivity contribution in [1.82, 2.24) is 21.0 Å². The summed E-state index contributed by atoms with van der Waals surface area (Å²) in [5.74, 6) is 0. The van der Waals surface area contributed by atoms with E-state index >= 15 is 0 Å². The third kappa shape index (κ3) is 5.03. The molecule has 4 N–H and O–H groups in total. The number of benzene rings is 2. The summed E-state index contributed by atoms with van der Waals surface area (Å²) in [6.45, 7) is 9.06. The van der Waals surface area contributed by atoms with Crippen LogP contribution in [0.3, 0.4) is 0 Å². The Morgan fingerprint density at radius 2 is 1.85 bits per heavy atom. The van der Waals surface area contributed by atoms with Gasteiger partial charge in [0.15, 0.2) is 0 Å². The Kier molecular flexibility index (Phi) is 6.52. The fourth-order valence-electron chi connectivity index (χ4n) is 4.73. The summed E-state index contributed by atoms with van der Waals surface area (Å²) in [5.41, 5.74) is 11.6.